The van der Waals surface area contributed by atoms with Crippen molar-refractivity contribution in [3.63, 3.8) is 0 Å². The predicted octanol–water partition coefficient (Wildman–Crippen LogP) is 3.42. The van der Waals surface area contributed by atoms with E-state index >= 15 is 0 Å². The number of carbonyl (C=O) groups excluding carboxylic acids is 1. The maximum absolute atomic E-state index is 11.7. The number of nitrogens with zero attached hydrogens (tertiary/aromatic N) is 1. The van der Waals surface area contributed by atoms with E-state index in [1.807, 2.05) is 12.1 Å². The number of Topliss-reactive ketones (excluding diaryl/α,β-unsaturated/α-hetero) is 1. The molecule has 6 nitrogen and oxygen atoms in total. The Morgan fingerprint density at radius 2 is 2.05 bits per heavy atom. The lowest BCUT2D eigenvalue weighted by Crippen LogP contribution is -2.19. The number of rotatable bonds is 7. The van der Waals surface area contributed by atoms with Crippen LogP contribution in [0.4, 0.5) is 0 Å². The minimum atomic E-state index is -0.305. The summed E-state index contributed by atoms with van der Waals surface area (Å²) in [5, 5.41) is 2.38. The molecule has 0 bridgehead atoms. The first-order chi connectivity index (χ1) is 10.7. The Morgan fingerprint density at radius 1 is 1.27 bits per heavy atom. The van der Waals surface area contributed by atoms with E-state index in [-0.39, 0.29) is 12.1 Å². The topological polar surface area (TPSA) is 74.2 Å². The standard InChI is InChI=1S/C16H19NO5/c1-10(6-7-20-17-19)2-5-16-21-14-8-11-3-4-13(18)12(11)9-15(14)22-16/h8-10,16H,2-7H2,1H3. The Balaban J connectivity index is 1.52. The SMILES string of the molecule is CC(CCON=O)CCC1Oc2cc3c(cc2O1)C(=O)CC3. The smallest absolute Gasteiger partial charge is 0.241 e. The van der Waals surface area contributed by atoms with Gasteiger partial charge in [-0.2, -0.15) is 0 Å². The number of hydrogen-bond acceptors (Lipinski definition) is 6. The first-order valence-electron chi connectivity index (χ1n) is 7.65. The number of fused-ring (bicyclic) bond motifs is 2. The second-order valence-corrected chi connectivity index (χ2v) is 5.92. The van der Waals surface area contributed by atoms with Crippen molar-refractivity contribution >= 4 is 5.78 Å². The Kier molecular flexibility index (Phi) is 4.27. The first kappa shape index (κ1) is 14.8. The Bertz CT molecular complexity index is 586. The minimum Gasteiger partial charge on any atom is -0.451 e. The molecule has 0 amide bonds. The Morgan fingerprint density at radius 3 is 2.82 bits per heavy atom. The molecule has 0 spiro atoms. The molecular weight excluding hydrogens is 286 g/mol. The van der Waals surface area contributed by atoms with Crippen LogP contribution in [0.1, 0.15) is 48.5 Å². The zero-order valence-electron chi connectivity index (χ0n) is 12.5. The predicted molar refractivity (Wildman–Crippen MR) is 78.9 cm³/mol. The summed E-state index contributed by atoms with van der Waals surface area (Å²) in [6.07, 6.45) is 3.49. The van der Waals surface area contributed by atoms with Gasteiger partial charge in [0, 0.05) is 18.4 Å². The molecule has 2 atom stereocenters. The fraction of sp³-hybridized carbons (Fsp3) is 0.562. The van der Waals surface area contributed by atoms with Gasteiger partial charge in [-0.05, 0) is 42.9 Å². The van der Waals surface area contributed by atoms with Gasteiger partial charge in [0.1, 0.15) is 6.61 Å². The molecule has 1 aliphatic heterocycles. The van der Waals surface area contributed by atoms with Gasteiger partial charge >= 0.3 is 0 Å². The number of hydrogen-bond donors (Lipinski definition) is 0. The number of carbonyl (C=O) groups is 1. The van der Waals surface area contributed by atoms with E-state index in [1.54, 1.807) is 0 Å². The summed E-state index contributed by atoms with van der Waals surface area (Å²) >= 11 is 0. The van der Waals surface area contributed by atoms with E-state index in [0.29, 0.717) is 24.7 Å². The van der Waals surface area contributed by atoms with Crippen LogP contribution >= 0.6 is 0 Å². The molecule has 22 heavy (non-hydrogen) atoms. The molecule has 0 fully saturated rings. The molecule has 2 unspecified atom stereocenters. The van der Waals surface area contributed by atoms with Crippen LogP contribution in [-0.2, 0) is 11.3 Å². The summed E-state index contributed by atoms with van der Waals surface area (Å²) in [6.45, 7) is 2.43. The number of ether oxygens (including phenoxy) is 2. The third-order valence-electron chi connectivity index (χ3n) is 4.26. The lowest BCUT2D eigenvalue weighted by molar-refractivity contribution is 0.0345. The molecule has 2 aliphatic rings. The summed E-state index contributed by atoms with van der Waals surface area (Å²) in [5.74, 6) is 1.98. The largest absolute Gasteiger partial charge is 0.451 e. The van der Waals surface area contributed by atoms with Gasteiger partial charge in [0.25, 0.3) is 0 Å². The molecule has 1 aromatic rings. The summed E-state index contributed by atoms with van der Waals surface area (Å²) in [7, 11) is 0. The maximum atomic E-state index is 11.7. The third kappa shape index (κ3) is 3.05. The van der Waals surface area contributed by atoms with E-state index in [2.05, 4.69) is 17.1 Å². The van der Waals surface area contributed by atoms with Gasteiger partial charge in [-0.15, -0.1) is 4.91 Å². The highest BCUT2D eigenvalue weighted by atomic mass is 16.7. The van der Waals surface area contributed by atoms with Crippen LogP contribution < -0.4 is 9.47 Å². The number of benzene rings is 1. The highest BCUT2D eigenvalue weighted by molar-refractivity contribution is 6.01. The maximum Gasteiger partial charge on any atom is 0.241 e. The van der Waals surface area contributed by atoms with Gasteiger partial charge in [0.15, 0.2) is 22.6 Å². The normalized spacial score (nSPS) is 19.9. The van der Waals surface area contributed by atoms with E-state index in [4.69, 9.17) is 9.47 Å². The first-order valence-corrected chi connectivity index (χ1v) is 7.65. The summed E-state index contributed by atoms with van der Waals surface area (Å²) < 4.78 is 11.6. The van der Waals surface area contributed by atoms with Crippen LogP contribution in [0.5, 0.6) is 11.5 Å². The Labute approximate surface area is 128 Å². The molecule has 0 saturated carbocycles. The summed E-state index contributed by atoms with van der Waals surface area (Å²) in [5.41, 5.74) is 1.83. The van der Waals surface area contributed by atoms with Gasteiger partial charge in [-0.1, -0.05) is 6.92 Å². The highest BCUT2D eigenvalue weighted by Crippen LogP contribution is 2.40. The minimum absolute atomic E-state index is 0.183. The van der Waals surface area contributed by atoms with Gasteiger partial charge in [0.2, 0.25) is 6.29 Å². The molecule has 0 aromatic heterocycles. The molecule has 0 radical (unpaired) electrons. The van der Waals surface area contributed by atoms with Crippen molar-refractivity contribution in [3.8, 4) is 11.5 Å². The zero-order chi connectivity index (χ0) is 15.5. The average molecular weight is 305 g/mol. The van der Waals surface area contributed by atoms with Crippen LogP contribution in [0, 0.1) is 10.8 Å². The second kappa shape index (κ2) is 6.34. The van der Waals surface area contributed by atoms with Crippen LogP contribution in [0.15, 0.2) is 17.5 Å². The van der Waals surface area contributed by atoms with Crippen molar-refractivity contribution in [2.45, 2.75) is 45.3 Å². The van der Waals surface area contributed by atoms with Crippen LogP contribution in [0.2, 0.25) is 0 Å². The average Bonchev–Trinajstić information content (AvgIpc) is 3.07. The molecule has 3 rings (SSSR count). The van der Waals surface area contributed by atoms with Gasteiger partial charge < -0.3 is 14.3 Å². The van der Waals surface area contributed by atoms with Crippen molar-refractivity contribution < 1.29 is 19.1 Å². The molecule has 0 saturated heterocycles. The van der Waals surface area contributed by atoms with Crippen molar-refractivity contribution in [2.75, 3.05) is 6.61 Å². The molecule has 118 valence electrons. The lowest BCUT2D eigenvalue weighted by atomic mass is 10.0. The number of ketones is 1. The molecule has 1 aliphatic carbocycles. The van der Waals surface area contributed by atoms with Crippen LogP contribution in [0.25, 0.3) is 0 Å². The summed E-state index contributed by atoms with van der Waals surface area (Å²) in [4.78, 5) is 26.1. The molecular formula is C16H19NO5. The van der Waals surface area contributed by atoms with Crippen LogP contribution in [-0.4, -0.2) is 18.7 Å². The molecule has 0 N–H and O–H groups in total. The van der Waals surface area contributed by atoms with Gasteiger partial charge in [-0.3, -0.25) is 4.79 Å². The van der Waals surface area contributed by atoms with E-state index in [9.17, 15) is 9.70 Å². The molecule has 6 heteroatoms. The fourth-order valence-electron chi connectivity index (χ4n) is 2.92. The highest BCUT2D eigenvalue weighted by Gasteiger charge is 2.29. The quantitative estimate of drug-likeness (QED) is 0.438. The van der Waals surface area contributed by atoms with Crippen molar-refractivity contribution in [1.29, 1.82) is 0 Å². The molecule has 1 heterocycles. The van der Waals surface area contributed by atoms with Crippen LogP contribution in [0.3, 0.4) is 0 Å². The lowest BCUT2D eigenvalue weighted by Gasteiger charge is -2.13. The zero-order valence-corrected chi connectivity index (χ0v) is 12.5. The van der Waals surface area contributed by atoms with Gasteiger partial charge in [-0.25, -0.2) is 0 Å². The monoisotopic (exact) mass is 305 g/mol. The summed E-state index contributed by atoms with van der Waals surface area (Å²) in [6, 6.07) is 3.75. The van der Waals surface area contributed by atoms with Crippen molar-refractivity contribution in [2.24, 2.45) is 11.3 Å². The van der Waals surface area contributed by atoms with E-state index < -0.39 is 0 Å². The fourth-order valence-corrected chi connectivity index (χ4v) is 2.92. The molecule has 1 aromatic carbocycles. The van der Waals surface area contributed by atoms with Crippen molar-refractivity contribution in [3.05, 3.63) is 28.2 Å². The van der Waals surface area contributed by atoms with E-state index in [0.717, 1.165) is 42.6 Å². The van der Waals surface area contributed by atoms with E-state index in [1.165, 1.54) is 0 Å². The third-order valence-corrected chi connectivity index (χ3v) is 4.26. The second-order valence-electron chi connectivity index (χ2n) is 5.92. The van der Waals surface area contributed by atoms with Crippen molar-refractivity contribution in [1.82, 2.24) is 0 Å². The Hall–Kier alpha value is -2.11. The van der Waals surface area contributed by atoms with Gasteiger partial charge in [0.05, 0.1) is 0 Å². The number of aryl methyl sites for hydroxylation is 1.